The molecule has 9 nitrogen and oxygen atoms in total. The number of carbonyl (C=O) groups is 1. The Balaban J connectivity index is 1.57. The number of amides is 1. The van der Waals surface area contributed by atoms with Crippen LogP contribution in [-0.4, -0.2) is 50.5 Å². The molecule has 0 saturated heterocycles. The molecule has 238 valence electrons. The zero-order valence-electron chi connectivity index (χ0n) is 24.4. The molecule has 1 aliphatic rings. The third-order valence-electron chi connectivity index (χ3n) is 7.23. The first kappa shape index (κ1) is 34.4. The topological polar surface area (TPSA) is 113 Å². The molecule has 1 heterocycles. The fraction of sp³-hybridized carbons (Fsp3) is 0.400. The van der Waals surface area contributed by atoms with Crippen LogP contribution in [0.5, 0.6) is 0 Å². The largest absolute Gasteiger partial charge is 0.351 e. The Morgan fingerprint density at radius 3 is 2.52 bits per heavy atom. The van der Waals surface area contributed by atoms with Crippen molar-refractivity contribution in [2.45, 2.75) is 51.0 Å². The zero-order valence-corrected chi connectivity index (χ0v) is 28.2. The molecule has 0 aliphatic heterocycles. The molecule has 0 spiro atoms. The first-order valence-corrected chi connectivity index (χ1v) is 17.3. The molecular formula is C30H35ClF2IN5O4S. The number of nitrogens with one attached hydrogen (secondary N) is 3. The van der Waals surface area contributed by atoms with E-state index in [-0.39, 0.29) is 23.9 Å². The highest BCUT2D eigenvalue weighted by atomic mass is 127. The number of aryl methyl sites for hydroxylation is 1. The summed E-state index contributed by atoms with van der Waals surface area (Å²) in [6.45, 7) is 7.09. The second kappa shape index (κ2) is 15.7. The number of pyridine rings is 1. The van der Waals surface area contributed by atoms with E-state index in [0.29, 0.717) is 11.5 Å². The quantitative estimate of drug-likeness (QED) is 0.118. The molecule has 1 aromatic heterocycles. The van der Waals surface area contributed by atoms with E-state index in [0.717, 1.165) is 60.5 Å². The molecular weight excluding hydrogens is 727 g/mol. The molecule has 0 radical (unpaired) electrons. The van der Waals surface area contributed by atoms with Crippen molar-refractivity contribution in [1.82, 2.24) is 20.1 Å². The highest BCUT2D eigenvalue weighted by molar-refractivity contribution is 14.1. The van der Waals surface area contributed by atoms with Crippen LogP contribution in [0.3, 0.4) is 0 Å². The van der Waals surface area contributed by atoms with Crippen molar-refractivity contribution in [1.29, 1.82) is 0 Å². The highest BCUT2D eigenvalue weighted by Crippen LogP contribution is 2.34. The standard InChI is InChI=1S/C30H35ClF2IN5O4S/c1-3-39(4-2)11-5-6-20-12-21(16-35-15-20)17-36-44(41,42)26-14-23(30(40)38-43-18-19-7-8-19)29(28(33)27(26)32)37-25-10-9-22(34)13-24(25)31/h9-10,12-16,19,36-37H,3-8,11,17-18H2,1-2H3,(H,38,40). The van der Waals surface area contributed by atoms with E-state index < -0.39 is 43.7 Å². The van der Waals surface area contributed by atoms with Crippen LogP contribution < -0.4 is 15.5 Å². The van der Waals surface area contributed by atoms with Crippen LogP contribution in [0.2, 0.25) is 5.02 Å². The van der Waals surface area contributed by atoms with Crippen molar-refractivity contribution in [2.24, 2.45) is 5.92 Å². The molecule has 1 saturated carbocycles. The minimum absolute atomic E-state index is 0.190. The van der Waals surface area contributed by atoms with Crippen LogP contribution >= 0.6 is 34.2 Å². The van der Waals surface area contributed by atoms with Gasteiger partial charge in [0.05, 0.1) is 28.6 Å². The lowest BCUT2D eigenvalue weighted by Crippen LogP contribution is -2.28. The van der Waals surface area contributed by atoms with Gasteiger partial charge in [-0.15, -0.1) is 0 Å². The van der Waals surface area contributed by atoms with Gasteiger partial charge in [-0.3, -0.25) is 14.6 Å². The highest BCUT2D eigenvalue weighted by Gasteiger charge is 2.30. The van der Waals surface area contributed by atoms with Crippen LogP contribution in [0, 0.1) is 21.1 Å². The Bertz CT molecular complexity index is 1590. The second-order valence-electron chi connectivity index (χ2n) is 10.5. The summed E-state index contributed by atoms with van der Waals surface area (Å²) in [6, 6.07) is 7.41. The van der Waals surface area contributed by atoms with E-state index in [9.17, 15) is 13.2 Å². The third kappa shape index (κ3) is 9.30. The summed E-state index contributed by atoms with van der Waals surface area (Å²) in [5, 5.41) is 2.84. The van der Waals surface area contributed by atoms with Gasteiger partial charge in [0.2, 0.25) is 10.0 Å². The van der Waals surface area contributed by atoms with E-state index in [1.54, 1.807) is 18.3 Å². The number of aromatic nitrogens is 1. The summed E-state index contributed by atoms with van der Waals surface area (Å²) in [5.41, 5.74) is 2.82. The molecule has 3 aromatic rings. The van der Waals surface area contributed by atoms with Gasteiger partial charge in [-0.2, -0.15) is 0 Å². The number of hydrogen-bond acceptors (Lipinski definition) is 7. The van der Waals surface area contributed by atoms with Crippen LogP contribution in [0.1, 0.15) is 54.6 Å². The first-order valence-electron chi connectivity index (χ1n) is 14.3. The van der Waals surface area contributed by atoms with Gasteiger partial charge in [0.15, 0.2) is 11.6 Å². The van der Waals surface area contributed by atoms with E-state index >= 15 is 8.78 Å². The Kier molecular flexibility index (Phi) is 12.3. The van der Waals surface area contributed by atoms with Crippen molar-refractivity contribution in [2.75, 3.05) is 31.6 Å². The zero-order chi connectivity index (χ0) is 31.9. The number of halogens is 4. The maximum atomic E-state index is 15.6. The predicted octanol–water partition coefficient (Wildman–Crippen LogP) is 6.19. The lowest BCUT2D eigenvalue weighted by molar-refractivity contribution is 0.0270. The van der Waals surface area contributed by atoms with E-state index in [1.807, 2.05) is 28.7 Å². The molecule has 1 fully saturated rings. The normalized spacial score (nSPS) is 13.3. The van der Waals surface area contributed by atoms with Gasteiger partial charge >= 0.3 is 0 Å². The summed E-state index contributed by atoms with van der Waals surface area (Å²) < 4.78 is 60.7. The molecule has 14 heteroatoms. The van der Waals surface area contributed by atoms with Gasteiger partial charge in [-0.05, 0) is 109 Å². The molecule has 4 rings (SSSR count). The molecule has 1 amide bonds. The minimum atomic E-state index is -4.62. The van der Waals surface area contributed by atoms with Crippen molar-refractivity contribution < 1.29 is 26.8 Å². The first-order chi connectivity index (χ1) is 21.0. The van der Waals surface area contributed by atoms with E-state index in [2.05, 4.69) is 39.3 Å². The number of carbonyl (C=O) groups excluding carboxylic acids is 1. The molecule has 3 N–H and O–H groups in total. The minimum Gasteiger partial charge on any atom is -0.351 e. The van der Waals surface area contributed by atoms with Crippen LogP contribution in [0.4, 0.5) is 20.2 Å². The van der Waals surface area contributed by atoms with E-state index in [1.165, 1.54) is 12.3 Å². The Morgan fingerprint density at radius 1 is 1.11 bits per heavy atom. The lowest BCUT2D eigenvalue weighted by atomic mass is 10.1. The van der Waals surface area contributed by atoms with Gasteiger partial charge in [-0.1, -0.05) is 31.5 Å². The summed E-state index contributed by atoms with van der Waals surface area (Å²) in [4.78, 5) is 23.8. The van der Waals surface area contributed by atoms with Gasteiger partial charge in [0.25, 0.3) is 5.91 Å². The molecule has 0 unspecified atom stereocenters. The second-order valence-corrected chi connectivity index (χ2v) is 13.9. The molecule has 44 heavy (non-hydrogen) atoms. The number of nitrogens with zero attached hydrogens (tertiary/aromatic N) is 2. The number of anilines is 2. The lowest BCUT2D eigenvalue weighted by Gasteiger charge is -2.18. The Labute approximate surface area is 275 Å². The van der Waals surface area contributed by atoms with Gasteiger partial charge < -0.3 is 10.2 Å². The molecule has 0 atom stereocenters. The van der Waals surface area contributed by atoms with Crippen molar-refractivity contribution in [3.63, 3.8) is 0 Å². The van der Waals surface area contributed by atoms with Gasteiger partial charge in [0.1, 0.15) is 4.90 Å². The van der Waals surface area contributed by atoms with Crippen LogP contribution in [-0.2, 0) is 27.8 Å². The molecule has 0 bridgehead atoms. The van der Waals surface area contributed by atoms with Crippen molar-refractivity contribution >= 4 is 61.5 Å². The van der Waals surface area contributed by atoms with Crippen molar-refractivity contribution in [3.05, 3.63) is 79.6 Å². The van der Waals surface area contributed by atoms with Crippen LogP contribution in [0.15, 0.2) is 47.6 Å². The van der Waals surface area contributed by atoms with E-state index in [4.69, 9.17) is 16.4 Å². The predicted molar refractivity (Wildman–Crippen MR) is 174 cm³/mol. The van der Waals surface area contributed by atoms with Gasteiger partial charge in [-0.25, -0.2) is 27.4 Å². The average Bonchev–Trinajstić information content (AvgIpc) is 3.82. The maximum absolute atomic E-state index is 15.6. The Morgan fingerprint density at radius 2 is 1.84 bits per heavy atom. The third-order valence-corrected chi connectivity index (χ3v) is 9.62. The average molecular weight is 762 g/mol. The summed E-state index contributed by atoms with van der Waals surface area (Å²) >= 11 is 8.32. The summed E-state index contributed by atoms with van der Waals surface area (Å²) in [7, 11) is -4.62. The van der Waals surface area contributed by atoms with Crippen LogP contribution in [0.25, 0.3) is 0 Å². The SMILES string of the molecule is CCN(CC)CCCc1cncc(CNS(=O)(=O)c2cc(C(=O)NOCC3CC3)c(Nc3ccc(I)cc3Cl)c(F)c2F)c1. The fourth-order valence-corrected chi connectivity index (χ4v) is 6.48. The number of hydroxylamine groups is 1. The molecule has 2 aromatic carbocycles. The number of sulfonamides is 1. The monoisotopic (exact) mass is 761 g/mol. The molecule has 1 aliphatic carbocycles. The van der Waals surface area contributed by atoms with Crippen molar-refractivity contribution in [3.8, 4) is 0 Å². The smallest absolute Gasteiger partial charge is 0.277 e. The van der Waals surface area contributed by atoms with Gasteiger partial charge in [0, 0.05) is 22.5 Å². The Hall–Kier alpha value is -2.43. The fourth-order valence-electron chi connectivity index (χ4n) is 4.47. The number of rotatable bonds is 16. The summed E-state index contributed by atoms with van der Waals surface area (Å²) in [6.07, 6.45) is 6.80. The number of benzene rings is 2. The summed E-state index contributed by atoms with van der Waals surface area (Å²) in [5.74, 6) is -3.86. The maximum Gasteiger partial charge on any atom is 0.277 e. The number of hydrogen-bond donors (Lipinski definition) is 3.